The average Bonchev–Trinajstić information content (AvgIpc) is 3.02. The van der Waals surface area contributed by atoms with Gasteiger partial charge < -0.3 is 10.6 Å². The van der Waals surface area contributed by atoms with Gasteiger partial charge in [-0.25, -0.2) is 9.78 Å². The molecule has 2 rings (SSSR count). The van der Waals surface area contributed by atoms with E-state index in [0.29, 0.717) is 6.54 Å². The molecule has 0 fully saturated rings. The van der Waals surface area contributed by atoms with Crippen LogP contribution in [0.2, 0.25) is 0 Å². The van der Waals surface area contributed by atoms with E-state index in [9.17, 15) is 4.79 Å². The van der Waals surface area contributed by atoms with Crippen LogP contribution in [-0.4, -0.2) is 26.8 Å². The molecule has 0 aliphatic carbocycles. The minimum absolute atomic E-state index is 0.0106. The summed E-state index contributed by atoms with van der Waals surface area (Å²) in [6, 6.07) is 1.81. The summed E-state index contributed by atoms with van der Waals surface area (Å²) in [4.78, 5) is 16.7. The molecule has 0 bridgehead atoms. The molecule has 6 nitrogen and oxygen atoms in total. The summed E-state index contributed by atoms with van der Waals surface area (Å²) in [6.45, 7) is 10.6. The third kappa shape index (κ3) is 4.79. The molecule has 2 N–H and O–H groups in total. The highest BCUT2D eigenvalue weighted by Gasteiger charge is 2.17. The Morgan fingerprint density at radius 2 is 2.04 bits per heavy atom. The van der Waals surface area contributed by atoms with Gasteiger partial charge in [0.25, 0.3) is 0 Å². The van der Waals surface area contributed by atoms with Gasteiger partial charge in [0.05, 0.1) is 18.3 Å². The number of carbonyl (C=O) groups is 1. The molecule has 0 aliphatic heterocycles. The molecule has 0 unspecified atom stereocenters. The quantitative estimate of drug-likeness (QED) is 0.852. The lowest BCUT2D eigenvalue weighted by molar-refractivity contribution is 0.231. The zero-order valence-electron chi connectivity index (χ0n) is 14.4. The normalized spacial score (nSPS) is 13.6. The summed E-state index contributed by atoms with van der Waals surface area (Å²) >= 11 is 1.58. The summed E-state index contributed by atoms with van der Waals surface area (Å²) in [5, 5.41) is 13.3. The van der Waals surface area contributed by atoms with E-state index in [-0.39, 0.29) is 18.1 Å². The highest BCUT2D eigenvalue weighted by Crippen LogP contribution is 2.20. The molecule has 126 valence electrons. The molecular formula is C16H25N5OS. The number of carbonyl (C=O) groups excluding carboxylic acids is 1. The predicted molar refractivity (Wildman–Crippen MR) is 92.7 cm³/mol. The van der Waals surface area contributed by atoms with Crippen LogP contribution < -0.4 is 10.6 Å². The van der Waals surface area contributed by atoms with Crippen molar-refractivity contribution in [2.75, 3.05) is 0 Å². The van der Waals surface area contributed by atoms with Crippen LogP contribution in [-0.2, 0) is 6.54 Å². The number of hydrogen-bond acceptors (Lipinski definition) is 4. The number of nitrogens with one attached hydrogen (secondary N) is 2. The number of nitrogens with zero attached hydrogens (tertiary/aromatic N) is 3. The Balaban J connectivity index is 1.89. The van der Waals surface area contributed by atoms with E-state index < -0.39 is 0 Å². The minimum Gasteiger partial charge on any atom is -0.334 e. The molecule has 0 saturated carbocycles. The van der Waals surface area contributed by atoms with Gasteiger partial charge in [-0.15, -0.1) is 11.3 Å². The maximum Gasteiger partial charge on any atom is 0.315 e. The molecule has 0 radical (unpaired) electrons. The van der Waals surface area contributed by atoms with Crippen LogP contribution in [0.25, 0.3) is 0 Å². The van der Waals surface area contributed by atoms with Crippen molar-refractivity contribution in [3.8, 4) is 0 Å². The summed E-state index contributed by atoms with van der Waals surface area (Å²) in [5.41, 5.74) is 3.08. The van der Waals surface area contributed by atoms with Gasteiger partial charge in [-0.3, -0.25) is 4.68 Å². The molecule has 2 heterocycles. The smallest absolute Gasteiger partial charge is 0.315 e. The summed E-state index contributed by atoms with van der Waals surface area (Å²) < 4.78 is 1.92. The van der Waals surface area contributed by atoms with E-state index in [1.807, 2.05) is 50.7 Å². The molecule has 2 amide bonds. The Labute approximate surface area is 141 Å². The van der Waals surface area contributed by atoms with Gasteiger partial charge in [-0.1, -0.05) is 6.92 Å². The zero-order valence-corrected chi connectivity index (χ0v) is 15.2. The second-order valence-corrected chi connectivity index (χ2v) is 6.81. The third-order valence-corrected chi connectivity index (χ3v) is 4.65. The Bertz CT molecular complexity index is 663. The van der Waals surface area contributed by atoms with Crippen LogP contribution in [0.4, 0.5) is 4.79 Å². The first kappa shape index (κ1) is 17.5. The fourth-order valence-corrected chi connectivity index (χ4v) is 3.39. The minimum atomic E-state index is -0.168. The Morgan fingerprint density at radius 3 is 2.57 bits per heavy atom. The fraction of sp³-hybridized carbons (Fsp3) is 0.562. The molecule has 0 aliphatic rings. The van der Waals surface area contributed by atoms with Gasteiger partial charge in [-0.05, 0) is 40.2 Å². The number of urea groups is 1. The van der Waals surface area contributed by atoms with Gasteiger partial charge in [0.1, 0.15) is 5.01 Å². The molecule has 0 aromatic carbocycles. The fourth-order valence-electron chi connectivity index (χ4n) is 2.46. The molecule has 7 heteroatoms. The van der Waals surface area contributed by atoms with Crippen molar-refractivity contribution in [3.05, 3.63) is 33.5 Å². The molecule has 0 saturated heterocycles. The SMILES string of the molecule is CC[C@@H](NC(=O)N[C@@H](C)Cn1nc(C)cc1C)c1nc(C)cs1. The van der Waals surface area contributed by atoms with Crippen LogP contribution in [0.3, 0.4) is 0 Å². The molecule has 23 heavy (non-hydrogen) atoms. The van der Waals surface area contributed by atoms with E-state index >= 15 is 0 Å². The summed E-state index contributed by atoms with van der Waals surface area (Å²) in [7, 11) is 0. The van der Waals surface area contributed by atoms with Crippen LogP contribution in [0.5, 0.6) is 0 Å². The first-order valence-electron chi connectivity index (χ1n) is 7.89. The monoisotopic (exact) mass is 335 g/mol. The van der Waals surface area contributed by atoms with E-state index in [1.54, 1.807) is 11.3 Å². The zero-order chi connectivity index (χ0) is 17.0. The first-order chi connectivity index (χ1) is 10.9. The van der Waals surface area contributed by atoms with E-state index in [2.05, 4.69) is 20.7 Å². The van der Waals surface area contributed by atoms with E-state index in [4.69, 9.17) is 0 Å². The summed E-state index contributed by atoms with van der Waals surface area (Å²) in [5.74, 6) is 0. The number of rotatable bonds is 6. The first-order valence-corrected chi connectivity index (χ1v) is 8.77. The number of hydrogen-bond donors (Lipinski definition) is 2. The molecule has 2 aromatic rings. The lowest BCUT2D eigenvalue weighted by Gasteiger charge is -2.19. The van der Waals surface area contributed by atoms with Crippen LogP contribution in [0.1, 0.15) is 48.4 Å². The van der Waals surface area contributed by atoms with Crippen LogP contribution in [0.15, 0.2) is 11.4 Å². The highest BCUT2D eigenvalue weighted by molar-refractivity contribution is 7.09. The Kier molecular flexibility index (Phi) is 5.76. The number of aromatic nitrogens is 3. The van der Waals surface area contributed by atoms with Gasteiger partial charge in [-0.2, -0.15) is 5.10 Å². The molecule has 0 spiro atoms. The largest absolute Gasteiger partial charge is 0.334 e. The van der Waals surface area contributed by atoms with Crippen molar-refractivity contribution in [1.29, 1.82) is 0 Å². The topological polar surface area (TPSA) is 71.8 Å². The molecule has 2 atom stereocenters. The van der Waals surface area contributed by atoms with Crippen molar-refractivity contribution in [2.24, 2.45) is 0 Å². The van der Waals surface area contributed by atoms with Crippen molar-refractivity contribution in [1.82, 2.24) is 25.4 Å². The van der Waals surface area contributed by atoms with Gasteiger partial charge >= 0.3 is 6.03 Å². The Hall–Kier alpha value is -1.89. The highest BCUT2D eigenvalue weighted by atomic mass is 32.1. The standard InChI is InChI=1S/C16H25N5OS/c1-6-14(15-17-12(4)9-23-15)19-16(22)18-11(3)8-21-13(5)7-10(2)20-21/h7,9,11,14H,6,8H2,1-5H3,(H2,18,19,22)/t11-,14+/m0/s1. The maximum atomic E-state index is 12.2. The van der Waals surface area contributed by atoms with Crippen LogP contribution in [0, 0.1) is 20.8 Å². The second-order valence-electron chi connectivity index (χ2n) is 5.92. The predicted octanol–water partition coefficient (Wildman–Crippen LogP) is 3.10. The van der Waals surface area contributed by atoms with Gasteiger partial charge in [0.15, 0.2) is 0 Å². The number of amides is 2. The average molecular weight is 335 g/mol. The third-order valence-electron chi connectivity index (χ3n) is 3.58. The Morgan fingerprint density at radius 1 is 1.30 bits per heavy atom. The second kappa shape index (κ2) is 7.59. The number of thiazole rings is 1. The lowest BCUT2D eigenvalue weighted by Crippen LogP contribution is -2.44. The van der Waals surface area contributed by atoms with Crippen molar-refractivity contribution >= 4 is 17.4 Å². The van der Waals surface area contributed by atoms with Crippen molar-refractivity contribution in [2.45, 2.75) is 59.7 Å². The lowest BCUT2D eigenvalue weighted by atomic mass is 10.2. The molecule has 2 aromatic heterocycles. The molecular weight excluding hydrogens is 310 g/mol. The maximum absolute atomic E-state index is 12.2. The number of aryl methyl sites for hydroxylation is 3. The van der Waals surface area contributed by atoms with Crippen molar-refractivity contribution < 1.29 is 4.79 Å². The van der Waals surface area contributed by atoms with Gasteiger partial charge in [0, 0.05) is 22.8 Å². The summed E-state index contributed by atoms with van der Waals surface area (Å²) in [6.07, 6.45) is 0.812. The van der Waals surface area contributed by atoms with E-state index in [1.165, 1.54) is 0 Å². The van der Waals surface area contributed by atoms with E-state index in [0.717, 1.165) is 28.5 Å². The van der Waals surface area contributed by atoms with Gasteiger partial charge in [0.2, 0.25) is 0 Å². The van der Waals surface area contributed by atoms with Crippen LogP contribution >= 0.6 is 11.3 Å². The van der Waals surface area contributed by atoms with Crippen molar-refractivity contribution in [3.63, 3.8) is 0 Å².